The molecule has 1 aliphatic rings. The summed E-state index contributed by atoms with van der Waals surface area (Å²) in [6, 6.07) is 15.4. The maximum atomic E-state index is 12.8. The SMILES string of the molecule is O=S(=O)(c1cccs1)N1CCN(c2nc(-c3cccs3)nc3ccccc23)CC1. The van der Waals surface area contributed by atoms with Crippen LogP contribution in [0.25, 0.3) is 21.6 Å². The number of piperazine rings is 1. The van der Waals surface area contributed by atoms with Crippen molar-refractivity contribution in [1.29, 1.82) is 0 Å². The average molecular weight is 443 g/mol. The number of sulfonamides is 1. The Hall–Kier alpha value is -2.33. The highest BCUT2D eigenvalue weighted by Crippen LogP contribution is 2.31. The number of fused-ring (bicyclic) bond motifs is 1. The molecule has 0 unspecified atom stereocenters. The fourth-order valence-corrected chi connectivity index (χ4v) is 6.72. The van der Waals surface area contributed by atoms with E-state index in [4.69, 9.17) is 9.97 Å². The number of rotatable bonds is 4. The predicted octanol–water partition coefficient (Wildman–Crippen LogP) is 3.93. The van der Waals surface area contributed by atoms with Crippen LogP contribution in [-0.2, 0) is 10.0 Å². The summed E-state index contributed by atoms with van der Waals surface area (Å²) in [7, 11) is -3.42. The lowest BCUT2D eigenvalue weighted by Crippen LogP contribution is -2.48. The Balaban J connectivity index is 1.46. The molecule has 0 spiro atoms. The molecule has 0 N–H and O–H groups in total. The number of benzene rings is 1. The van der Waals surface area contributed by atoms with Crippen molar-refractivity contribution >= 4 is 49.4 Å². The first-order valence-electron chi connectivity index (χ1n) is 9.22. The Morgan fingerprint density at radius 2 is 1.59 bits per heavy atom. The van der Waals surface area contributed by atoms with Crippen molar-refractivity contribution in [3.8, 4) is 10.7 Å². The minimum absolute atomic E-state index is 0.401. The van der Waals surface area contributed by atoms with Crippen molar-refractivity contribution in [2.24, 2.45) is 0 Å². The first-order chi connectivity index (χ1) is 14.1. The second-order valence-electron chi connectivity index (χ2n) is 6.69. The third-order valence-electron chi connectivity index (χ3n) is 4.95. The topological polar surface area (TPSA) is 66.4 Å². The molecule has 148 valence electrons. The number of anilines is 1. The molecule has 5 rings (SSSR count). The van der Waals surface area contributed by atoms with Gasteiger partial charge < -0.3 is 4.90 Å². The van der Waals surface area contributed by atoms with E-state index < -0.39 is 10.0 Å². The molecule has 3 aromatic heterocycles. The third kappa shape index (κ3) is 3.44. The second kappa shape index (κ2) is 7.49. The molecule has 1 saturated heterocycles. The van der Waals surface area contributed by atoms with Gasteiger partial charge in [-0.2, -0.15) is 4.31 Å². The van der Waals surface area contributed by atoms with E-state index >= 15 is 0 Å². The van der Waals surface area contributed by atoms with Gasteiger partial charge in [0.1, 0.15) is 10.0 Å². The highest BCUT2D eigenvalue weighted by molar-refractivity contribution is 7.91. The zero-order valence-electron chi connectivity index (χ0n) is 15.4. The maximum Gasteiger partial charge on any atom is 0.252 e. The molecular formula is C20H18N4O2S3. The smallest absolute Gasteiger partial charge is 0.252 e. The Kier molecular flexibility index (Phi) is 4.83. The molecule has 0 saturated carbocycles. The summed E-state index contributed by atoms with van der Waals surface area (Å²) in [5.41, 5.74) is 0.898. The molecule has 0 radical (unpaired) electrons. The Morgan fingerprint density at radius 3 is 2.31 bits per heavy atom. The average Bonchev–Trinajstić information content (AvgIpc) is 3.47. The van der Waals surface area contributed by atoms with Gasteiger partial charge in [0, 0.05) is 31.6 Å². The zero-order valence-corrected chi connectivity index (χ0v) is 17.9. The number of hydrogen-bond donors (Lipinski definition) is 0. The molecule has 4 aromatic rings. The summed E-state index contributed by atoms with van der Waals surface area (Å²) in [5.74, 6) is 1.58. The van der Waals surface area contributed by atoms with Gasteiger partial charge in [-0.05, 0) is 35.0 Å². The molecule has 0 aliphatic carbocycles. The van der Waals surface area contributed by atoms with Gasteiger partial charge in [0.2, 0.25) is 0 Å². The van der Waals surface area contributed by atoms with E-state index in [-0.39, 0.29) is 0 Å². The van der Waals surface area contributed by atoms with E-state index in [1.807, 2.05) is 41.8 Å². The fourth-order valence-electron chi connectivity index (χ4n) is 3.49. The largest absolute Gasteiger partial charge is 0.353 e. The van der Waals surface area contributed by atoms with Crippen molar-refractivity contribution in [3.63, 3.8) is 0 Å². The van der Waals surface area contributed by atoms with Gasteiger partial charge in [-0.3, -0.25) is 0 Å². The van der Waals surface area contributed by atoms with E-state index in [1.54, 1.807) is 33.2 Å². The van der Waals surface area contributed by atoms with E-state index in [0.29, 0.717) is 36.2 Å². The van der Waals surface area contributed by atoms with Gasteiger partial charge in [-0.25, -0.2) is 18.4 Å². The molecule has 0 atom stereocenters. The Labute approximate surface area is 177 Å². The summed E-state index contributed by atoms with van der Waals surface area (Å²) in [5, 5.41) is 4.80. The number of thiophene rings is 2. The van der Waals surface area contributed by atoms with E-state index in [9.17, 15) is 8.42 Å². The lowest BCUT2D eigenvalue weighted by atomic mass is 10.2. The third-order valence-corrected chi connectivity index (χ3v) is 9.09. The number of nitrogens with zero attached hydrogens (tertiary/aromatic N) is 4. The summed E-state index contributed by atoms with van der Waals surface area (Å²) >= 11 is 2.87. The van der Waals surface area contributed by atoms with Crippen LogP contribution in [0, 0.1) is 0 Å². The molecular weight excluding hydrogens is 424 g/mol. The van der Waals surface area contributed by atoms with Crippen molar-refractivity contribution in [2.75, 3.05) is 31.1 Å². The minimum atomic E-state index is -3.42. The maximum absolute atomic E-state index is 12.8. The predicted molar refractivity (Wildman–Crippen MR) is 118 cm³/mol. The van der Waals surface area contributed by atoms with Gasteiger partial charge >= 0.3 is 0 Å². The summed E-state index contributed by atoms with van der Waals surface area (Å²) in [6.45, 7) is 2.06. The lowest BCUT2D eigenvalue weighted by Gasteiger charge is -2.35. The van der Waals surface area contributed by atoms with Crippen LogP contribution >= 0.6 is 22.7 Å². The van der Waals surface area contributed by atoms with Crippen LogP contribution in [0.4, 0.5) is 5.82 Å². The van der Waals surface area contributed by atoms with Gasteiger partial charge in [0.25, 0.3) is 10.0 Å². The summed E-state index contributed by atoms with van der Waals surface area (Å²) in [6.07, 6.45) is 0. The number of hydrogen-bond acceptors (Lipinski definition) is 7. The Morgan fingerprint density at radius 1 is 0.828 bits per heavy atom. The highest BCUT2D eigenvalue weighted by atomic mass is 32.2. The highest BCUT2D eigenvalue weighted by Gasteiger charge is 2.30. The van der Waals surface area contributed by atoms with Crippen LogP contribution in [0.1, 0.15) is 0 Å². The second-order valence-corrected chi connectivity index (χ2v) is 10.7. The van der Waals surface area contributed by atoms with E-state index in [1.165, 1.54) is 11.3 Å². The normalized spacial score (nSPS) is 15.8. The standard InChI is InChI=1S/C20H18N4O2S3/c25-29(26,18-8-4-14-28-18)24-11-9-23(10-12-24)20-15-5-1-2-6-16(15)21-19(22-20)17-7-3-13-27-17/h1-8,13-14H,9-12H2. The van der Waals surface area contributed by atoms with Crippen LogP contribution in [0.15, 0.2) is 63.5 Å². The molecule has 29 heavy (non-hydrogen) atoms. The van der Waals surface area contributed by atoms with Crippen molar-refractivity contribution in [3.05, 3.63) is 59.3 Å². The number of para-hydroxylation sites is 1. The molecule has 1 fully saturated rings. The van der Waals surface area contributed by atoms with Crippen molar-refractivity contribution in [1.82, 2.24) is 14.3 Å². The molecule has 1 aromatic carbocycles. The molecule has 0 amide bonds. The zero-order chi connectivity index (χ0) is 19.8. The van der Waals surface area contributed by atoms with Gasteiger partial charge in [-0.1, -0.05) is 24.3 Å². The van der Waals surface area contributed by atoms with Crippen LogP contribution in [0.2, 0.25) is 0 Å². The molecule has 9 heteroatoms. The monoisotopic (exact) mass is 442 g/mol. The van der Waals surface area contributed by atoms with Gasteiger partial charge in [0.05, 0.1) is 10.4 Å². The van der Waals surface area contributed by atoms with E-state index in [0.717, 1.165) is 21.6 Å². The first kappa shape index (κ1) is 18.7. The Bertz CT molecular complexity index is 1230. The van der Waals surface area contributed by atoms with Gasteiger partial charge in [0.15, 0.2) is 5.82 Å². The van der Waals surface area contributed by atoms with Crippen LogP contribution in [0.5, 0.6) is 0 Å². The summed E-state index contributed by atoms with van der Waals surface area (Å²) < 4.78 is 27.6. The van der Waals surface area contributed by atoms with Crippen molar-refractivity contribution in [2.45, 2.75) is 4.21 Å². The van der Waals surface area contributed by atoms with Crippen LogP contribution in [-0.4, -0.2) is 48.9 Å². The molecule has 0 bridgehead atoms. The molecule has 1 aliphatic heterocycles. The molecule has 6 nitrogen and oxygen atoms in total. The van der Waals surface area contributed by atoms with Crippen LogP contribution in [0.3, 0.4) is 0 Å². The minimum Gasteiger partial charge on any atom is -0.353 e. The fraction of sp³-hybridized carbons (Fsp3) is 0.200. The van der Waals surface area contributed by atoms with Crippen LogP contribution < -0.4 is 4.90 Å². The lowest BCUT2D eigenvalue weighted by molar-refractivity contribution is 0.385. The number of aromatic nitrogens is 2. The summed E-state index contributed by atoms with van der Waals surface area (Å²) in [4.78, 5) is 12.8. The van der Waals surface area contributed by atoms with E-state index in [2.05, 4.69) is 4.90 Å². The van der Waals surface area contributed by atoms with Gasteiger partial charge in [-0.15, -0.1) is 22.7 Å². The molecule has 4 heterocycles. The quantitative estimate of drug-likeness (QED) is 0.479. The first-order valence-corrected chi connectivity index (χ1v) is 12.4. The van der Waals surface area contributed by atoms with Crippen molar-refractivity contribution < 1.29 is 8.42 Å².